The second-order valence-corrected chi connectivity index (χ2v) is 6.72. The highest BCUT2D eigenvalue weighted by Crippen LogP contribution is 2.39. The Hall–Kier alpha value is -2.34. The van der Waals surface area contributed by atoms with Crippen LogP contribution in [0.5, 0.6) is 5.75 Å². The van der Waals surface area contributed by atoms with Gasteiger partial charge in [0.15, 0.2) is 17.1 Å². The summed E-state index contributed by atoms with van der Waals surface area (Å²) >= 11 is 1.32. The van der Waals surface area contributed by atoms with Gasteiger partial charge in [0.25, 0.3) is 0 Å². The van der Waals surface area contributed by atoms with E-state index in [2.05, 4.69) is 4.74 Å². The molecule has 0 amide bonds. The first-order valence-corrected chi connectivity index (χ1v) is 8.30. The molecule has 0 saturated carbocycles. The smallest absolute Gasteiger partial charge is 0.308 e. The maximum Gasteiger partial charge on any atom is 0.308 e. The average molecular weight is 347 g/mol. The highest BCUT2D eigenvalue weighted by Gasteiger charge is 2.21. The van der Waals surface area contributed by atoms with E-state index in [0.717, 1.165) is 10.1 Å². The molecule has 0 bridgehead atoms. The lowest BCUT2D eigenvalue weighted by Gasteiger charge is -2.06. The van der Waals surface area contributed by atoms with Crippen LogP contribution in [0.1, 0.15) is 30.1 Å². The molecular weight excluding hydrogens is 328 g/mol. The molecule has 3 aromatic rings. The molecule has 1 atom stereocenters. The fourth-order valence-electron chi connectivity index (χ4n) is 2.67. The minimum atomic E-state index is -0.500. The van der Waals surface area contributed by atoms with Gasteiger partial charge in [0.1, 0.15) is 5.76 Å². The zero-order chi connectivity index (χ0) is 18.3. The quantitative estimate of drug-likeness (QED) is 0.507. The van der Waals surface area contributed by atoms with Crippen LogP contribution < -0.4 is 4.74 Å². The van der Waals surface area contributed by atoms with Gasteiger partial charge in [0.05, 0.1) is 26.4 Å². The maximum absolute atomic E-state index is 12.5. The summed E-state index contributed by atoms with van der Waals surface area (Å²) in [7, 11) is 2.85. The second-order valence-electron chi connectivity index (χ2n) is 5.64. The molecule has 2 aromatic heterocycles. The summed E-state index contributed by atoms with van der Waals surface area (Å²) in [4.78, 5) is 24.6. The van der Waals surface area contributed by atoms with Crippen molar-refractivity contribution in [2.24, 2.45) is 5.92 Å². The number of hydrogen-bond acceptors (Lipinski definition) is 6. The summed E-state index contributed by atoms with van der Waals surface area (Å²) in [5, 5.41) is 1.43. The number of carbonyl (C=O) groups is 2. The normalized spacial score (nSPS) is 13.1. The Morgan fingerprint density at radius 2 is 2.08 bits per heavy atom. The molecule has 1 aromatic carbocycles. The molecule has 5 nitrogen and oxygen atoms in total. The van der Waals surface area contributed by atoms with E-state index in [1.165, 1.54) is 18.4 Å². The van der Waals surface area contributed by atoms with E-state index in [0.29, 0.717) is 33.4 Å². The highest BCUT2D eigenvalue weighted by molar-refractivity contribution is 7.21. The minimum Gasteiger partial charge on any atom is -0.493 e. The lowest BCUT2D eigenvalue weighted by Crippen LogP contribution is -2.16. The van der Waals surface area contributed by atoms with Crippen LogP contribution in [-0.2, 0) is 9.53 Å². The van der Waals surface area contributed by atoms with Gasteiger partial charge in [0.2, 0.25) is 0 Å². The zero-order valence-corrected chi connectivity index (χ0v) is 14.7. The summed E-state index contributed by atoms with van der Waals surface area (Å²) < 4.78 is 24.8. The molecule has 0 aliphatic heterocycles. The van der Waals surface area contributed by atoms with Crippen molar-refractivity contribution in [3.05, 3.63) is 28.8 Å². The summed E-state index contributed by atoms with van der Waals surface area (Å²) in [5.41, 5.74) is 0.511. The molecular formula is C18H18O5S. The molecule has 0 radical (unpaired) electrons. The number of ether oxygens (including phenoxy) is 2. The number of methoxy groups -OCH3 is 2. The van der Waals surface area contributed by atoms with Crippen molar-refractivity contribution in [1.82, 2.24) is 0 Å². The monoisotopic (exact) mass is 347 g/mol. The van der Waals surface area contributed by atoms with E-state index < -0.39 is 11.9 Å². The van der Waals surface area contributed by atoms with Crippen LogP contribution in [0.4, 0.5) is 0 Å². The first kappa shape index (κ1) is 15.2. The Bertz CT molecular complexity index is 985. The largest absolute Gasteiger partial charge is 0.493 e. The highest BCUT2D eigenvalue weighted by atomic mass is 32.1. The first-order valence-electron chi connectivity index (χ1n) is 7.98. The van der Waals surface area contributed by atoms with Gasteiger partial charge in [-0.1, -0.05) is 6.92 Å². The van der Waals surface area contributed by atoms with E-state index in [-0.39, 0.29) is 12.2 Å². The molecule has 6 heteroatoms. The van der Waals surface area contributed by atoms with Crippen molar-refractivity contribution >= 4 is 44.1 Å². The number of esters is 1. The predicted molar refractivity (Wildman–Crippen MR) is 93.0 cm³/mol. The van der Waals surface area contributed by atoms with Crippen molar-refractivity contribution < 1.29 is 24.9 Å². The number of thiophene rings is 1. The van der Waals surface area contributed by atoms with Gasteiger partial charge >= 0.3 is 5.97 Å². The third-order valence-electron chi connectivity index (χ3n) is 3.89. The van der Waals surface area contributed by atoms with Gasteiger partial charge in [-0.25, -0.2) is 0 Å². The van der Waals surface area contributed by atoms with Crippen molar-refractivity contribution in [3.8, 4) is 5.75 Å². The maximum atomic E-state index is 12.5. The minimum absolute atomic E-state index is 0.0813. The standard InChI is InChI=1S/C18H18O5S/c1-9(18(20)22-4)5-13(19)16-7-11-12-6-10(2)23-17(12)14(21-3)8-15(11)24-16/h6-9H,5H2,1-4H3/i6D. The summed E-state index contributed by atoms with van der Waals surface area (Å²) in [5.74, 6) is 0.00243. The molecule has 1 unspecified atom stereocenters. The number of rotatable bonds is 5. The zero-order valence-electron chi connectivity index (χ0n) is 14.9. The molecule has 2 heterocycles. The summed E-state index contributed by atoms with van der Waals surface area (Å²) in [6.07, 6.45) is 0.0813. The number of fused-ring (bicyclic) bond motifs is 3. The molecule has 24 heavy (non-hydrogen) atoms. The van der Waals surface area contributed by atoms with Crippen LogP contribution >= 0.6 is 11.3 Å². The molecule has 0 saturated heterocycles. The Morgan fingerprint density at radius 3 is 2.75 bits per heavy atom. The fraction of sp³-hybridized carbons (Fsp3) is 0.333. The Labute approximate surface area is 144 Å². The summed E-state index contributed by atoms with van der Waals surface area (Å²) in [6.45, 7) is 3.39. The van der Waals surface area contributed by atoms with E-state index >= 15 is 0 Å². The molecule has 0 aliphatic rings. The fourth-order valence-corrected chi connectivity index (χ4v) is 3.72. The van der Waals surface area contributed by atoms with Crippen LogP contribution in [0.25, 0.3) is 21.1 Å². The SMILES string of the molecule is [2H]c1c(C)oc2c(OC)cc3sc(C(=O)CC(C)C(=O)OC)cc3c12. The number of benzene rings is 1. The van der Waals surface area contributed by atoms with E-state index in [1.54, 1.807) is 27.0 Å². The molecule has 0 fully saturated rings. The first-order chi connectivity index (χ1) is 11.9. The van der Waals surface area contributed by atoms with Gasteiger partial charge in [-0.15, -0.1) is 11.3 Å². The van der Waals surface area contributed by atoms with Crippen LogP contribution in [0.3, 0.4) is 0 Å². The van der Waals surface area contributed by atoms with Gasteiger partial charge < -0.3 is 13.9 Å². The Kier molecular flexibility index (Phi) is 3.98. The molecule has 0 spiro atoms. The third-order valence-corrected chi connectivity index (χ3v) is 5.01. The summed E-state index contributed by atoms with van der Waals surface area (Å²) in [6, 6.07) is 3.87. The molecule has 126 valence electrons. The lowest BCUT2D eigenvalue weighted by atomic mass is 10.0. The van der Waals surface area contributed by atoms with Crippen LogP contribution in [0.2, 0.25) is 0 Å². The van der Waals surface area contributed by atoms with Crippen molar-refractivity contribution in [2.45, 2.75) is 20.3 Å². The Balaban J connectivity index is 2.09. The number of hydrogen-bond donors (Lipinski definition) is 0. The van der Waals surface area contributed by atoms with Crippen molar-refractivity contribution in [2.75, 3.05) is 14.2 Å². The van der Waals surface area contributed by atoms with Gasteiger partial charge in [-0.2, -0.15) is 0 Å². The van der Waals surface area contributed by atoms with Gasteiger partial charge in [-0.05, 0) is 19.0 Å². The lowest BCUT2D eigenvalue weighted by molar-refractivity contribution is -0.144. The van der Waals surface area contributed by atoms with Crippen LogP contribution in [0, 0.1) is 12.8 Å². The number of Topliss-reactive ketones (excluding diaryl/α,β-unsaturated/α-hetero) is 1. The second kappa shape index (κ2) is 6.28. The van der Waals surface area contributed by atoms with E-state index in [4.69, 9.17) is 10.5 Å². The topological polar surface area (TPSA) is 65.7 Å². The third kappa shape index (κ3) is 2.78. The van der Waals surface area contributed by atoms with Crippen LogP contribution in [0.15, 0.2) is 22.6 Å². The molecule has 0 N–H and O–H groups in total. The number of carbonyl (C=O) groups excluding carboxylic acids is 2. The van der Waals surface area contributed by atoms with E-state index in [9.17, 15) is 9.59 Å². The molecule has 3 rings (SSSR count). The average Bonchev–Trinajstić information content (AvgIpc) is 3.14. The molecule has 0 aliphatic carbocycles. The van der Waals surface area contributed by atoms with Gasteiger partial charge in [-0.3, -0.25) is 9.59 Å². The van der Waals surface area contributed by atoms with Crippen LogP contribution in [-0.4, -0.2) is 26.0 Å². The number of aryl methyl sites for hydroxylation is 1. The Morgan fingerprint density at radius 1 is 1.33 bits per heavy atom. The number of furan rings is 1. The van der Waals surface area contributed by atoms with Gasteiger partial charge in [0, 0.05) is 28.0 Å². The van der Waals surface area contributed by atoms with Crippen molar-refractivity contribution in [1.29, 1.82) is 0 Å². The number of ketones is 1. The van der Waals surface area contributed by atoms with E-state index in [1.807, 2.05) is 6.07 Å². The predicted octanol–water partition coefficient (Wildman–Crippen LogP) is 4.35. The van der Waals surface area contributed by atoms with Crippen molar-refractivity contribution in [3.63, 3.8) is 0 Å².